The number of hydrogen-bond acceptors (Lipinski definition) is 4. The molecule has 4 rings (SSSR count). The lowest BCUT2D eigenvalue weighted by Crippen LogP contribution is -2.01. The summed E-state index contributed by atoms with van der Waals surface area (Å²) in [5, 5.41) is 29.7. The molecule has 0 saturated carbocycles. The van der Waals surface area contributed by atoms with Gasteiger partial charge in [-0.15, -0.1) is 0 Å². The van der Waals surface area contributed by atoms with E-state index >= 15 is 0 Å². The van der Waals surface area contributed by atoms with Gasteiger partial charge in [0.1, 0.15) is 17.9 Å². The number of hydrogen-bond donors (Lipinski definition) is 1. The molecule has 0 saturated heterocycles. The Morgan fingerprint density at radius 1 is 0.586 bits per heavy atom. The molecular weight excluding hydrogens is 358 g/mol. The van der Waals surface area contributed by atoms with Crippen molar-refractivity contribution in [2.24, 2.45) is 0 Å². The number of pyridine rings is 1. The average molecular weight is 373 g/mol. The molecule has 0 atom stereocenters. The summed E-state index contributed by atoms with van der Waals surface area (Å²) < 4.78 is 0. The van der Waals surface area contributed by atoms with Crippen molar-refractivity contribution in [3.63, 3.8) is 0 Å². The molecule has 4 aromatic rings. The Hall–Kier alpha value is -4.41. The van der Waals surface area contributed by atoms with E-state index < -0.39 is 0 Å². The van der Waals surface area contributed by atoms with E-state index in [0.29, 0.717) is 33.6 Å². The first-order valence-corrected chi connectivity index (χ1v) is 9.01. The highest BCUT2D eigenvalue weighted by Crippen LogP contribution is 2.38. The van der Waals surface area contributed by atoms with Crippen LogP contribution in [0.15, 0.2) is 84.9 Å². The van der Waals surface area contributed by atoms with Crippen molar-refractivity contribution in [2.45, 2.75) is 0 Å². The summed E-state index contributed by atoms with van der Waals surface area (Å²) in [6.45, 7) is 0. The van der Waals surface area contributed by atoms with E-state index in [1.165, 1.54) is 0 Å². The van der Waals surface area contributed by atoms with E-state index in [9.17, 15) is 15.6 Å². The average Bonchev–Trinajstić information content (AvgIpc) is 2.79. The normalized spacial score (nSPS) is 10.1. The monoisotopic (exact) mass is 373 g/mol. The van der Waals surface area contributed by atoms with Crippen molar-refractivity contribution in [1.29, 1.82) is 10.5 Å². The molecule has 1 heterocycles. The highest BCUT2D eigenvalue weighted by molar-refractivity contribution is 5.89. The van der Waals surface area contributed by atoms with Crippen molar-refractivity contribution < 1.29 is 5.11 Å². The molecule has 3 aromatic carbocycles. The van der Waals surface area contributed by atoms with Crippen LogP contribution in [-0.2, 0) is 0 Å². The lowest BCUT2D eigenvalue weighted by Gasteiger charge is -2.16. The zero-order valence-electron chi connectivity index (χ0n) is 15.4. The minimum absolute atomic E-state index is 0.117. The van der Waals surface area contributed by atoms with Crippen molar-refractivity contribution in [3.8, 4) is 51.5 Å². The zero-order valence-corrected chi connectivity index (χ0v) is 15.4. The van der Waals surface area contributed by atoms with Gasteiger partial charge in [-0.25, -0.2) is 4.98 Å². The molecule has 4 heteroatoms. The number of aromatic nitrogens is 1. The van der Waals surface area contributed by atoms with E-state index in [1.54, 1.807) is 24.3 Å². The van der Waals surface area contributed by atoms with Crippen LogP contribution in [0.25, 0.3) is 33.6 Å². The van der Waals surface area contributed by atoms with E-state index in [-0.39, 0.29) is 5.75 Å². The van der Waals surface area contributed by atoms with Crippen LogP contribution in [0.5, 0.6) is 5.75 Å². The van der Waals surface area contributed by atoms with Crippen LogP contribution in [0.4, 0.5) is 0 Å². The largest absolute Gasteiger partial charge is 0.508 e. The molecule has 4 nitrogen and oxygen atoms in total. The highest BCUT2D eigenvalue weighted by atomic mass is 16.3. The third-order valence-corrected chi connectivity index (χ3v) is 4.67. The minimum Gasteiger partial charge on any atom is -0.508 e. The van der Waals surface area contributed by atoms with E-state index in [1.807, 2.05) is 60.7 Å². The maximum atomic E-state index is 10.0. The van der Waals surface area contributed by atoms with Crippen LogP contribution in [0.1, 0.15) is 11.1 Å². The van der Waals surface area contributed by atoms with Crippen LogP contribution in [-0.4, -0.2) is 10.1 Å². The van der Waals surface area contributed by atoms with E-state index in [4.69, 9.17) is 4.98 Å². The number of nitriles is 2. The predicted octanol–water partition coefficient (Wildman–Crippen LogP) is 5.53. The Morgan fingerprint density at radius 2 is 1.03 bits per heavy atom. The molecule has 0 aliphatic heterocycles. The lowest BCUT2D eigenvalue weighted by molar-refractivity contribution is 0.475. The van der Waals surface area contributed by atoms with Crippen LogP contribution >= 0.6 is 0 Å². The SMILES string of the molecule is N#Cc1c(-c2ccccc2)nc(-c2ccccc2)c(C#N)c1-c1ccc(O)cc1. The standard InChI is InChI=1S/C25H15N3O/c26-15-21-23(17-11-13-20(29)14-12-17)22(16-27)25(19-9-5-2-6-10-19)28-24(21)18-7-3-1-4-8-18/h1-14,29H. The Morgan fingerprint density at radius 3 is 1.45 bits per heavy atom. The fraction of sp³-hybridized carbons (Fsp3) is 0. The Balaban J connectivity index is 2.14. The van der Waals surface area contributed by atoms with Crippen molar-refractivity contribution in [1.82, 2.24) is 4.98 Å². The van der Waals surface area contributed by atoms with Gasteiger partial charge >= 0.3 is 0 Å². The number of rotatable bonds is 3. The molecule has 0 bridgehead atoms. The highest BCUT2D eigenvalue weighted by Gasteiger charge is 2.22. The van der Waals surface area contributed by atoms with Gasteiger partial charge in [0.25, 0.3) is 0 Å². The summed E-state index contributed by atoms with van der Waals surface area (Å²) in [6, 6.07) is 29.9. The van der Waals surface area contributed by atoms with Gasteiger partial charge in [0.2, 0.25) is 0 Å². The van der Waals surface area contributed by atoms with Gasteiger partial charge in [0.15, 0.2) is 0 Å². The summed E-state index contributed by atoms with van der Waals surface area (Å²) in [5.41, 5.74) is 4.49. The molecule has 0 fully saturated rings. The number of phenols is 1. The van der Waals surface area contributed by atoms with Gasteiger partial charge in [-0.2, -0.15) is 10.5 Å². The molecule has 136 valence electrons. The van der Waals surface area contributed by atoms with Gasteiger partial charge < -0.3 is 5.11 Å². The Labute approximate surface area is 168 Å². The van der Waals surface area contributed by atoms with Crippen LogP contribution < -0.4 is 0 Å². The first-order valence-electron chi connectivity index (χ1n) is 9.01. The van der Waals surface area contributed by atoms with Gasteiger partial charge in [0, 0.05) is 16.7 Å². The van der Waals surface area contributed by atoms with Gasteiger partial charge in [-0.05, 0) is 17.7 Å². The van der Waals surface area contributed by atoms with Gasteiger partial charge in [-0.3, -0.25) is 0 Å². The summed E-state index contributed by atoms with van der Waals surface area (Å²) in [4.78, 5) is 4.76. The fourth-order valence-corrected chi connectivity index (χ4v) is 3.33. The maximum absolute atomic E-state index is 10.0. The third kappa shape index (κ3) is 3.32. The molecule has 0 unspecified atom stereocenters. The second kappa shape index (κ2) is 7.68. The summed E-state index contributed by atoms with van der Waals surface area (Å²) in [5.74, 6) is 0.117. The third-order valence-electron chi connectivity index (χ3n) is 4.67. The summed E-state index contributed by atoms with van der Waals surface area (Å²) in [6.07, 6.45) is 0. The molecule has 0 aliphatic rings. The molecule has 0 aliphatic carbocycles. The Kier molecular flexibility index (Phi) is 4.76. The number of phenolic OH excluding ortho intramolecular Hbond substituents is 1. The van der Waals surface area contributed by atoms with Gasteiger partial charge in [0.05, 0.1) is 22.5 Å². The number of benzene rings is 3. The molecule has 0 spiro atoms. The lowest BCUT2D eigenvalue weighted by atomic mass is 9.89. The topological polar surface area (TPSA) is 80.7 Å². The Bertz CT molecular complexity index is 1170. The van der Waals surface area contributed by atoms with Crippen LogP contribution in [0, 0.1) is 22.7 Å². The minimum atomic E-state index is 0.117. The molecule has 29 heavy (non-hydrogen) atoms. The predicted molar refractivity (Wildman–Crippen MR) is 112 cm³/mol. The van der Waals surface area contributed by atoms with E-state index in [2.05, 4.69) is 12.1 Å². The van der Waals surface area contributed by atoms with Crippen molar-refractivity contribution >= 4 is 0 Å². The summed E-state index contributed by atoms with van der Waals surface area (Å²) in [7, 11) is 0. The molecule has 1 aromatic heterocycles. The number of nitrogens with zero attached hydrogens (tertiary/aromatic N) is 3. The quantitative estimate of drug-likeness (QED) is 0.512. The number of aromatic hydroxyl groups is 1. The molecular formula is C25H15N3O. The maximum Gasteiger partial charge on any atom is 0.115 e. The first-order chi connectivity index (χ1) is 14.2. The van der Waals surface area contributed by atoms with E-state index in [0.717, 1.165) is 11.1 Å². The molecule has 0 radical (unpaired) electrons. The molecule has 0 amide bonds. The van der Waals surface area contributed by atoms with Crippen LogP contribution in [0.2, 0.25) is 0 Å². The second-order valence-electron chi connectivity index (χ2n) is 6.44. The first kappa shape index (κ1) is 18.0. The van der Waals surface area contributed by atoms with Crippen molar-refractivity contribution in [2.75, 3.05) is 0 Å². The second-order valence-corrected chi connectivity index (χ2v) is 6.44. The van der Waals surface area contributed by atoms with Crippen molar-refractivity contribution in [3.05, 3.63) is 96.1 Å². The fourth-order valence-electron chi connectivity index (χ4n) is 3.33. The van der Waals surface area contributed by atoms with Crippen LogP contribution in [0.3, 0.4) is 0 Å². The molecule has 1 N–H and O–H groups in total. The zero-order chi connectivity index (χ0) is 20.2. The smallest absolute Gasteiger partial charge is 0.115 e. The summed E-state index contributed by atoms with van der Waals surface area (Å²) >= 11 is 0. The van der Waals surface area contributed by atoms with Gasteiger partial charge in [-0.1, -0.05) is 72.8 Å².